The van der Waals surface area contributed by atoms with Gasteiger partial charge in [0.25, 0.3) is 5.91 Å². The van der Waals surface area contributed by atoms with Crippen molar-refractivity contribution in [2.75, 3.05) is 26.2 Å². The molecule has 0 bridgehead atoms. The van der Waals surface area contributed by atoms with Gasteiger partial charge in [0.05, 0.1) is 11.7 Å². The van der Waals surface area contributed by atoms with Gasteiger partial charge >= 0.3 is 0 Å². The number of H-pyrrole nitrogens is 1. The lowest BCUT2D eigenvalue weighted by Gasteiger charge is -2.26. The summed E-state index contributed by atoms with van der Waals surface area (Å²) in [6.07, 6.45) is 6.52. The van der Waals surface area contributed by atoms with Crippen molar-refractivity contribution in [1.82, 2.24) is 20.5 Å². The van der Waals surface area contributed by atoms with E-state index in [1.165, 1.54) is 0 Å². The molecule has 0 aromatic carbocycles. The van der Waals surface area contributed by atoms with Crippen molar-refractivity contribution in [3.63, 3.8) is 0 Å². The number of nitrogens with zero attached hydrogens (tertiary/aromatic N) is 1. The Morgan fingerprint density at radius 1 is 1.28 bits per heavy atom. The van der Waals surface area contributed by atoms with Gasteiger partial charge in [0.1, 0.15) is 18.7 Å². The van der Waals surface area contributed by atoms with Crippen LogP contribution in [-0.2, 0) is 14.3 Å². The molecule has 0 spiro atoms. The van der Waals surface area contributed by atoms with Crippen molar-refractivity contribution < 1.29 is 19.1 Å². The summed E-state index contributed by atoms with van der Waals surface area (Å²) in [6.45, 7) is 6.81. The molecular formula is C21H32N4O4. The minimum Gasteiger partial charge on any atom is -0.367 e. The van der Waals surface area contributed by atoms with Crippen molar-refractivity contribution in [2.24, 2.45) is 5.92 Å². The molecule has 1 aromatic rings. The summed E-state index contributed by atoms with van der Waals surface area (Å²) in [5, 5.41) is 5.68. The molecule has 2 amide bonds. The molecule has 29 heavy (non-hydrogen) atoms. The number of aromatic nitrogens is 1. The largest absolute Gasteiger partial charge is 0.367 e. The first-order chi connectivity index (χ1) is 13.9. The van der Waals surface area contributed by atoms with Gasteiger partial charge in [-0.25, -0.2) is 0 Å². The third-order valence-electron chi connectivity index (χ3n) is 5.61. The van der Waals surface area contributed by atoms with Gasteiger partial charge < -0.3 is 25.3 Å². The molecule has 160 valence electrons. The van der Waals surface area contributed by atoms with Gasteiger partial charge in [-0.05, 0) is 50.8 Å². The quantitative estimate of drug-likeness (QED) is 0.572. The molecule has 3 heterocycles. The molecule has 2 saturated heterocycles. The highest BCUT2D eigenvalue weighted by Gasteiger charge is 2.39. The number of likely N-dealkylation sites (tertiary alicyclic amines) is 1. The topological polar surface area (TPSA) is 104 Å². The number of hydrogen-bond donors (Lipinski definition) is 3. The number of rotatable bonds is 9. The van der Waals surface area contributed by atoms with E-state index >= 15 is 0 Å². The predicted molar refractivity (Wildman–Crippen MR) is 108 cm³/mol. The first kappa shape index (κ1) is 21.5. The lowest BCUT2D eigenvalue weighted by Crippen LogP contribution is -2.54. The fraction of sp³-hybridized carbons (Fsp3) is 0.667. The van der Waals surface area contributed by atoms with Crippen molar-refractivity contribution in [3.8, 4) is 0 Å². The Morgan fingerprint density at radius 2 is 2.03 bits per heavy atom. The van der Waals surface area contributed by atoms with Crippen LogP contribution in [0.4, 0.5) is 0 Å². The standard InChI is InChI=1S/C21H32N4O4/c1-14(2)5-6-16(23-20(27)15-7-8-22-11-15)21(28)24-19-17(26)13-29-18(19)12-25-9-3-4-10-25/h7-8,11,14,16,18-19,22H,3-6,9-10,12-13H2,1-2H3,(H,23,27)(H,24,28). The average Bonchev–Trinajstić information content (AvgIpc) is 3.44. The van der Waals surface area contributed by atoms with Crippen molar-refractivity contribution in [2.45, 2.75) is 57.7 Å². The lowest BCUT2D eigenvalue weighted by atomic mass is 10.0. The molecule has 2 aliphatic heterocycles. The van der Waals surface area contributed by atoms with Crippen molar-refractivity contribution in [1.29, 1.82) is 0 Å². The van der Waals surface area contributed by atoms with E-state index in [1.807, 2.05) is 0 Å². The van der Waals surface area contributed by atoms with Crippen molar-refractivity contribution >= 4 is 17.6 Å². The van der Waals surface area contributed by atoms with Gasteiger partial charge in [0, 0.05) is 18.9 Å². The van der Waals surface area contributed by atoms with Gasteiger partial charge in [0.2, 0.25) is 5.91 Å². The molecule has 3 atom stereocenters. The van der Waals surface area contributed by atoms with Crippen LogP contribution in [0.25, 0.3) is 0 Å². The molecule has 3 rings (SSSR count). The Bertz CT molecular complexity index is 698. The highest BCUT2D eigenvalue weighted by molar-refractivity contribution is 5.98. The SMILES string of the molecule is CC(C)CCC(NC(=O)c1cc[nH]c1)C(=O)NC1C(=O)COC1CN1CCCC1. The molecule has 8 nitrogen and oxygen atoms in total. The Balaban J connectivity index is 1.63. The Kier molecular flexibility index (Phi) is 7.44. The van der Waals surface area contributed by atoms with Gasteiger partial charge in [-0.3, -0.25) is 14.4 Å². The summed E-state index contributed by atoms with van der Waals surface area (Å²) in [7, 11) is 0. The maximum atomic E-state index is 13.0. The van der Waals surface area contributed by atoms with E-state index in [1.54, 1.807) is 18.5 Å². The third-order valence-corrected chi connectivity index (χ3v) is 5.61. The Labute approximate surface area is 171 Å². The van der Waals surface area contributed by atoms with E-state index in [9.17, 15) is 14.4 Å². The summed E-state index contributed by atoms with van der Waals surface area (Å²) in [5.74, 6) is -0.349. The zero-order valence-corrected chi connectivity index (χ0v) is 17.3. The smallest absolute Gasteiger partial charge is 0.253 e. The van der Waals surface area contributed by atoms with Gasteiger partial charge in [0.15, 0.2) is 5.78 Å². The minimum absolute atomic E-state index is 0.0236. The monoisotopic (exact) mass is 404 g/mol. The van der Waals surface area contributed by atoms with Crippen LogP contribution in [0.5, 0.6) is 0 Å². The maximum absolute atomic E-state index is 13.0. The normalized spacial score (nSPS) is 23.5. The first-order valence-corrected chi connectivity index (χ1v) is 10.5. The molecule has 0 saturated carbocycles. The number of hydrogen-bond acceptors (Lipinski definition) is 5. The van der Waals surface area contributed by atoms with Crippen LogP contribution >= 0.6 is 0 Å². The Morgan fingerprint density at radius 3 is 2.69 bits per heavy atom. The van der Waals surface area contributed by atoms with Crippen LogP contribution in [0.2, 0.25) is 0 Å². The summed E-state index contributed by atoms with van der Waals surface area (Å²) in [5.41, 5.74) is 0.472. The highest BCUT2D eigenvalue weighted by atomic mass is 16.5. The second-order valence-corrected chi connectivity index (χ2v) is 8.41. The zero-order valence-electron chi connectivity index (χ0n) is 17.3. The lowest BCUT2D eigenvalue weighted by molar-refractivity contribution is -0.127. The molecule has 1 aromatic heterocycles. The van der Waals surface area contributed by atoms with Crippen LogP contribution in [0.1, 0.15) is 49.9 Å². The average molecular weight is 405 g/mol. The number of aromatic amines is 1. The van der Waals surface area contributed by atoms with E-state index in [0.29, 0.717) is 24.4 Å². The zero-order chi connectivity index (χ0) is 20.8. The molecule has 8 heteroatoms. The summed E-state index contributed by atoms with van der Waals surface area (Å²) in [6, 6.07) is 0.308. The molecule has 3 unspecified atom stereocenters. The van der Waals surface area contributed by atoms with Crippen molar-refractivity contribution in [3.05, 3.63) is 24.0 Å². The first-order valence-electron chi connectivity index (χ1n) is 10.5. The maximum Gasteiger partial charge on any atom is 0.253 e. The summed E-state index contributed by atoms with van der Waals surface area (Å²) < 4.78 is 5.66. The number of amides is 2. The van der Waals surface area contributed by atoms with Crippen LogP contribution in [0, 0.1) is 5.92 Å². The van der Waals surface area contributed by atoms with Gasteiger partial charge in [-0.2, -0.15) is 0 Å². The molecule has 3 N–H and O–H groups in total. The minimum atomic E-state index is -0.694. The Hall–Kier alpha value is -2.19. The van der Waals surface area contributed by atoms with E-state index in [-0.39, 0.29) is 30.3 Å². The van der Waals surface area contributed by atoms with E-state index in [0.717, 1.165) is 32.4 Å². The molecule has 2 fully saturated rings. The summed E-state index contributed by atoms with van der Waals surface area (Å²) >= 11 is 0. The predicted octanol–water partition coefficient (Wildman–Crippen LogP) is 1.10. The molecular weight excluding hydrogens is 372 g/mol. The van der Waals surface area contributed by atoms with Crippen LogP contribution in [0.3, 0.4) is 0 Å². The second kappa shape index (κ2) is 10.0. The van der Waals surface area contributed by atoms with E-state index in [4.69, 9.17) is 4.74 Å². The number of ether oxygens (including phenoxy) is 1. The van der Waals surface area contributed by atoms with Crippen LogP contribution < -0.4 is 10.6 Å². The van der Waals surface area contributed by atoms with Gasteiger partial charge in [-0.15, -0.1) is 0 Å². The number of nitrogens with one attached hydrogen (secondary N) is 3. The fourth-order valence-electron chi connectivity index (χ4n) is 3.86. The highest BCUT2D eigenvalue weighted by Crippen LogP contribution is 2.17. The van der Waals surface area contributed by atoms with Gasteiger partial charge in [-0.1, -0.05) is 13.8 Å². The number of Topliss-reactive ketones (excluding diaryl/α,β-unsaturated/α-hetero) is 1. The van der Waals surface area contributed by atoms with E-state index < -0.39 is 12.1 Å². The van der Waals surface area contributed by atoms with Crippen LogP contribution in [0.15, 0.2) is 18.5 Å². The second-order valence-electron chi connectivity index (χ2n) is 8.41. The molecule has 0 aliphatic carbocycles. The summed E-state index contributed by atoms with van der Waals surface area (Å²) in [4.78, 5) is 42.9. The number of carbonyl (C=O) groups is 3. The van der Waals surface area contributed by atoms with Crippen LogP contribution in [-0.4, -0.2) is 71.9 Å². The number of ketones is 1. The third kappa shape index (κ3) is 5.90. The molecule has 0 radical (unpaired) electrons. The van der Waals surface area contributed by atoms with E-state index in [2.05, 4.69) is 34.4 Å². The number of carbonyl (C=O) groups excluding carboxylic acids is 3. The molecule has 2 aliphatic rings. The fourth-order valence-corrected chi connectivity index (χ4v) is 3.86.